The van der Waals surface area contributed by atoms with Crippen molar-refractivity contribution in [2.24, 2.45) is 5.92 Å². The fourth-order valence-corrected chi connectivity index (χ4v) is 2.84. The largest absolute Gasteiger partial charge is 0.393 e. The number of aliphatic hydroxyl groups excluding tert-OH is 1. The van der Waals surface area contributed by atoms with Crippen LogP contribution in [0.1, 0.15) is 50.3 Å². The molecule has 2 saturated carbocycles. The molecule has 2 aliphatic carbocycles. The first-order valence-electron chi connectivity index (χ1n) is 7.17. The summed E-state index contributed by atoms with van der Waals surface area (Å²) in [6.45, 7) is 0.907. The lowest BCUT2D eigenvalue weighted by Crippen LogP contribution is -2.23. The summed E-state index contributed by atoms with van der Waals surface area (Å²) in [6, 6.07) is 1.80. The number of rotatable bonds is 4. The first-order chi connectivity index (χ1) is 9.20. The van der Waals surface area contributed by atoms with Crippen LogP contribution in [0.25, 0.3) is 0 Å². The van der Waals surface area contributed by atoms with Crippen LogP contribution in [0.2, 0.25) is 5.15 Å². The van der Waals surface area contributed by atoms with E-state index in [1.807, 2.05) is 0 Å². The highest BCUT2D eigenvalue weighted by Gasteiger charge is 2.27. The highest BCUT2D eigenvalue weighted by atomic mass is 35.5. The molecule has 5 heteroatoms. The number of hydrogen-bond donors (Lipinski definition) is 2. The Morgan fingerprint density at radius 1 is 1.16 bits per heavy atom. The fraction of sp³-hybridized carbons (Fsp3) is 0.714. The van der Waals surface area contributed by atoms with Crippen LogP contribution in [0, 0.1) is 5.92 Å². The van der Waals surface area contributed by atoms with Gasteiger partial charge in [0.2, 0.25) is 0 Å². The van der Waals surface area contributed by atoms with Crippen molar-refractivity contribution in [2.45, 2.75) is 50.5 Å². The molecular formula is C14H20ClN3O. The monoisotopic (exact) mass is 281 g/mol. The average Bonchev–Trinajstić information content (AvgIpc) is 3.22. The highest BCUT2D eigenvalue weighted by molar-refractivity contribution is 6.29. The van der Waals surface area contributed by atoms with Crippen molar-refractivity contribution in [2.75, 3.05) is 11.9 Å². The molecule has 0 amide bonds. The van der Waals surface area contributed by atoms with E-state index in [0.29, 0.717) is 17.0 Å². The summed E-state index contributed by atoms with van der Waals surface area (Å²) >= 11 is 6.04. The van der Waals surface area contributed by atoms with Crippen molar-refractivity contribution in [3.63, 3.8) is 0 Å². The van der Waals surface area contributed by atoms with E-state index in [2.05, 4.69) is 15.3 Å². The zero-order valence-corrected chi connectivity index (χ0v) is 11.7. The summed E-state index contributed by atoms with van der Waals surface area (Å²) < 4.78 is 0. The molecule has 1 aromatic heterocycles. The van der Waals surface area contributed by atoms with Gasteiger partial charge in [-0.1, -0.05) is 11.6 Å². The summed E-state index contributed by atoms with van der Waals surface area (Å²) in [5, 5.41) is 13.4. The van der Waals surface area contributed by atoms with Crippen molar-refractivity contribution < 1.29 is 5.11 Å². The molecule has 19 heavy (non-hydrogen) atoms. The molecule has 0 aliphatic heterocycles. The minimum absolute atomic E-state index is 0.0915. The molecule has 1 heterocycles. The predicted molar refractivity (Wildman–Crippen MR) is 75.5 cm³/mol. The van der Waals surface area contributed by atoms with Crippen LogP contribution in [-0.4, -0.2) is 27.7 Å². The van der Waals surface area contributed by atoms with Crippen LogP contribution < -0.4 is 5.32 Å². The molecule has 2 aliphatic rings. The highest BCUT2D eigenvalue weighted by Crippen LogP contribution is 2.38. The molecule has 2 fully saturated rings. The second kappa shape index (κ2) is 5.63. The van der Waals surface area contributed by atoms with Crippen LogP contribution in [0.5, 0.6) is 0 Å². The maximum Gasteiger partial charge on any atom is 0.135 e. The minimum atomic E-state index is -0.0915. The van der Waals surface area contributed by atoms with E-state index in [1.54, 1.807) is 6.07 Å². The van der Waals surface area contributed by atoms with Crippen molar-refractivity contribution in [3.05, 3.63) is 17.0 Å². The molecule has 2 N–H and O–H groups in total. The quantitative estimate of drug-likeness (QED) is 0.833. The van der Waals surface area contributed by atoms with Crippen molar-refractivity contribution in [3.8, 4) is 0 Å². The maximum absolute atomic E-state index is 9.49. The van der Waals surface area contributed by atoms with E-state index < -0.39 is 0 Å². The molecule has 104 valence electrons. The predicted octanol–water partition coefficient (Wildman–Crippen LogP) is 2.97. The Kier molecular flexibility index (Phi) is 3.89. The molecule has 0 saturated heterocycles. The second-order valence-corrected chi connectivity index (χ2v) is 6.15. The Hall–Kier alpha value is -0.870. The number of nitrogens with one attached hydrogen (secondary N) is 1. The van der Waals surface area contributed by atoms with E-state index in [1.165, 1.54) is 12.8 Å². The van der Waals surface area contributed by atoms with Gasteiger partial charge >= 0.3 is 0 Å². The van der Waals surface area contributed by atoms with Gasteiger partial charge in [-0.25, -0.2) is 9.97 Å². The van der Waals surface area contributed by atoms with Gasteiger partial charge in [0.15, 0.2) is 0 Å². The lowest BCUT2D eigenvalue weighted by atomic mass is 9.87. The Labute approximate surface area is 118 Å². The number of halogens is 1. The molecule has 3 rings (SSSR count). The Balaban J connectivity index is 1.57. The standard InChI is InChI=1S/C14H20ClN3O/c15-12-7-13(18-14(17-12)10-3-4-10)16-8-9-1-5-11(19)6-2-9/h7,9-11,19H,1-6,8H2,(H,16,17,18). The van der Waals surface area contributed by atoms with Crippen LogP contribution >= 0.6 is 11.6 Å². The third-order valence-electron chi connectivity index (χ3n) is 4.04. The number of aliphatic hydroxyl groups is 1. The van der Waals surface area contributed by atoms with Gasteiger partial charge in [0.25, 0.3) is 0 Å². The SMILES string of the molecule is OC1CCC(CNc2cc(Cl)nc(C3CC3)n2)CC1. The second-order valence-electron chi connectivity index (χ2n) is 5.76. The summed E-state index contributed by atoms with van der Waals surface area (Å²) in [6.07, 6.45) is 6.28. The zero-order chi connectivity index (χ0) is 13.2. The van der Waals surface area contributed by atoms with Crippen LogP contribution in [0.4, 0.5) is 5.82 Å². The van der Waals surface area contributed by atoms with Crippen LogP contribution in [-0.2, 0) is 0 Å². The van der Waals surface area contributed by atoms with Gasteiger partial charge in [-0.15, -0.1) is 0 Å². The Morgan fingerprint density at radius 3 is 2.58 bits per heavy atom. The first kappa shape index (κ1) is 13.1. The maximum atomic E-state index is 9.49. The molecule has 0 radical (unpaired) electrons. The number of anilines is 1. The molecule has 0 bridgehead atoms. The third kappa shape index (κ3) is 3.57. The van der Waals surface area contributed by atoms with Gasteiger partial charge in [-0.05, 0) is 44.4 Å². The van der Waals surface area contributed by atoms with E-state index in [0.717, 1.165) is 43.9 Å². The van der Waals surface area contributed by atoms with Crippen molar-refractivity contribution >= 4 is 17.4 Å². The minimum Gasteiger partial charge on any atom is -0.393 e. The normalized spacial score (nSPS) is 27.3. The molecule has 0 atom stereocenters. The summed E-state index contributed by atoms with van der Waals surface area (Å²) in [5.74, 6) is 2.87. The number of hydrogen-bond acceptors (Lipinski definition) is 4. The van der Waals surface area contributed by atoms with E-state index in [4.69, 9.17) is 11.6 Å². The van der Waals surface area contributed by atoms with Gasteiger partial charge in [0.05, 0.1) is 6.10 Å². The Morgan fingerprint density at radius 2 is 1.89 bits per heavy atom. The van der Waals surface area contributed by atoms with Gasteiger partial charge in [0, 0.05) is 18.5 Å². The zero-order valence-electron chi connectivity index (χ0n) is 11.0. The number of aromatic nitrogens is 2. The fourth-order valence-electron chi connectivity index (χ4n) is 2.65. The van der Waals surface area contributed by atoms with Crippen molar-refractivity contribution in [1.82, 2.24) is 9.97 Å². The molecule has 1 aromatic rings. The lowest BCUT2D eigenvalue weighted by Gasteiger charge is -2.25. The topological polar surface area (TPSA) is 58.0 Å². The van der Waals surface area contributed by atoms with Gasteiger partial charge in [-0.3, -0.25) is 0 Å². The molecule has 0 spiro atoms. The van der Waals surface area contributed by atoms with Crippen LogP contribution in [0.3, 0.4) is 0 Å². The molecule has 4 nitrogen and oxygen atoms in total. The average molecular weight is 282 g/mol. The van der Waals surface area contributed by atoms with E-state index in [9.17, 15) is 5.11 Å². The lowest BCUT2D eigenvalue weighted by molar-refractivity contribution is 0.111. The summed E-state index contributed by atoms with van der Waals surface area (Å²) in [5.41, 5.74) is 0. The van der Waals surface area contributed by atoms with E-state index >= 15 is 0 Å². The first-order valence-corrected chi connectivity index (χ1v) is 7.55. The summed E-state index contributed by atoms with van der Waals surface area (Å²) in [7, 11) is 0. The Bertz CT molecular complexity index is 442. The van der Waals surface area contributed by atoms with Gasteiger partial charge in [0.1, 0.15) is 16.8 Å². The molecule has 0 unspecified atom stereocenters. The summed E-state index contributed by atoms with van der Waals surface area (Å²) in [4.78, 5) is 8.82. The molecular weight excluding hydrogens is 262 g/mol. The van der Waals surface area contributed by atoms with Gasteiger partial charge in [-0.2, -0.15) is 0 Å². The van der Waals surface area contributed by atoms with E-state index in [-0.39, 0.29) is 6.10 Å². The van der Waals surface area contributed by atoms with Gasteiger partial charge < -0.3 is 10.4 Å². The van der Waals surface area contributed by atoms with Crippen molar-refractivity contribution in [1.29, 1.82) is 0 Å². The third-order valence-corrected chi connectivity index (χ3v) is 4.24. The smallest absolute Gasteiger partial charge is 0.135 e. The molecule has 0 aromatic carbocycles. The van der Waals surface area contributed by atoms with Crippen LogP contribution in [0.15, 0.2) is 6.07 Å². The number of nitrogens with zero attached hydrogens (tertiary/aromatic N) is 2.